The van der Waals surface area contributed by atoms with E-state index in [1.54, 1.807) is 0 Å². The van der Waals surface area contributed by atoms with Gasteiger partial charge in [-0.1, -0.05) is 13.8 Å². The Kier molecular flexibility index (Phi) is 4.72. The van der Waals surface area contributed by atoms with Crippen LogP contribution in [0.2, 0.25) is 0 Å². The Bertz CT molecular complexity index is 464. The normalized spacial score (nSPS) is 18.9. The number of hydrazine groups is 1. The maximum Gasteiger partial charge on any atom is 0.178 e. The van der Waals surface area contributed by atoms with E-state index in [9.17, 15) is 8.78 Å². The van der Waals surface area contributed by atoms with Crippen molar-refractivity contribution in [3.05, 3.63) is 17.7 Å². The highest BCUT2D eigenvalue weighted by Gasteiger charge is 2.29. The quantitative estimate of drug-likeness (QED) is 0.635. The van der Waals surface area contributed by atoms with Crippen molar-refractivity contribution in [2.75, 3.05) is 36.5 Å². The monoisotopic (exact) mass is 285 g/mol. The molecule has 1 atom stereocenters. The van der Waals surface area contributed by atoms with Crippen molar-refractivity contribution in [2.24, 2.45) is 5.84 Å². The Balaban J connectivity index is 2.17. The Morgan fingerprint density at radius 3 is 2.70 bits per heavy atom. The zero-order valence-electron chi connectivity index (χ0n) is 11.9. The lowest BCUT2D eigenvalue weighted by molar-refractivity contribution is 0.232. The van der Waals surface area contributed by atoms with Crippen LogP contribution in [0.25, 0.3) is 0 Å². The lowest BCUT2D eigenvalue weighted by Crippen LogP contribution is -2.37. The van der Waals surface area contributed by atoms with Gasteiger partial charge >= 0.3 is 0 Å². The van der Waals surface area contributed by atoms with Gasteiger partial charge < -0.3 is 10.3 Å². The van der Waals surface area contributed by atoms with E-state index in [1.807, 2.05) is 4.90 Å². The molecule has 1 fully saturated rings. The van der Waals surface area contributed by atoms with Crippen molar-refractivity contribution in [3.63, 3.8) is 0 Å². The molecule has 7 heteroatoms. The highest BCUT2D eigenvalue weighted by atomic mass is 19.1. The van der Waals surface area contributed by atoms with Crippen LogP contribution in [0.3, 0.4) is 0 Å². The van der Waals surface area contributed by atoms with Crippen molar-refractivity contribution < 1.29 is 8.78 Å². The summed E-state index contributed by atoms with van der Waals surface area (Å²) < 4.78 is 27.2. The molecule has 20 heavy (non-hydrogen) atoms. The maximum atomic E-state index is 13.9. The molecule has 1 saturated heterocycles. The molecule has 2 rings (SSSR count). The smallest absolute Gasteiger partial charge is 0.178 e. The van der Waals surface area contributed by atoms with Gasteiger partial charge in [0.1, 0.15) is 0 Å². The highest BCUT2D eigenvalue weighted by molar-refractivity contribution is 5.49. The van der Waals surface area contributed by atoms with Gasteiger partial charge in [-0.25, -0.2) is 19.6 Å². The zero-order valence-corrected chi connectivity index (χ0v) is 11.9. The molecule has 1 unspecified atom stereocenters. The molecular weight excluding hydrogens is 264 g/mol. The summed E-state index contributed by atoms with van der Waals surface area (Å²) >= 11 is 0. The van der Waals surface area contributed by atoms with Crippen molar-refractivity contribution in [1.29, 1.82) is 0 Å². The van der Waals surface area contributed by atoms with Crippen LogP contribution in [-0.4, -0.2) is 42.1 Å². The molecule has 0 aliphatic carbocycles. The summed E-state index contributed by atoms with van der Waals surface area (Å²) in [7, 11) is 0. The van der Waals surface area contributed by atoms with Crippen LogP contribution in [0, 0.1) is 11.6 Å². The van der Waals surface area contributed by atoms with Crippen molar-refractivity contribution in [2.45, 2.75) is 26.3 Å². The topological polar surface area (TPSA) is 57.4 Å². The second kappa shape index (κ2) is 6.32. The van der Waals surface area contributed by atoms with Gasteiger partial charge in [-0.3, -0.25) is 4.90 Å². The molecule has 5 nitrogen and oxygen atoms in total. The molecule has 0 aromatic carbocycles. The van der Waals surface area contributed by atoms with Gasteiger partial charge in [0, 0.05) is 25.2 Å². The first-order valence-electron chi connectivity index (χ1n) is 6.92. The summed E-state index contributed by atoms with van der Waals surface area (Å²) in [6.07, 6.45) is 0.950. The molecule has 2 heterocycles. The Morgan fingerprint density at radius 1 is 1.40 bits per heavy atom. The first-order chi connectivity index (χ1) is 9.60. The molecule has 1 aliphatic heterocycles. The Labute approximate surface area is 117 Å². The Morgan fingerprint density at radius 2 is 2.10 bits per heavy atom. The molecular formula is C13H21F2N5. The molecule has 0 bridgehead atoms. The number of hydrogen-bond donors (Lipinski definition) is 2. The summed E-state index contributed by atoms with van der Waals surface area (Å²) in [5.41, 5.74) is 2.15. The second-order valence-electron chi connectivity index (χ2n) is 4.88. The van der Waals surface area contributed by atoms with E-state index in [-0.39, 0.29) is 11.6 Å². The van der Waals surface area contributed by atoms with Gasteiger partial charge in [-0.05, 0) is 19.5 Å². The van der Waals surface area contributed by atoms with E-state index in [0.29, 0.717) is 19.1 Å². The number of nitrogen functional groups attached to an aromatic ring is 1. The number of likely N-dealkylation sites (N-methyl/N-ethyl adjacent to an activating group) is 1. The molecule has 112 valence electrons. The number of nitrogens with two attached hydrogens (primary N) is 1. The standard InChI is InChI=1S/C13H21F2N5/c1-3-19(4-2)9-5-6-20(8-9)13-11(15)7-10(14)12(17-13)18-16/h7,9H,3-6,8,16H2,1-2H3,(H,17,18). The van der Waals surface area contributed by atoms with E-state index < -0.39 is 11.6 Å². The van der Waals surface area contributed by atoms with Crippen LogP contribution in [0.1, 0.15) is 20.3 Å². The molecule has 0 radical (unpaired) electrons. The molecule has 1 aliphatic rings. The number of nitrogens with one attached hydrogen (secondary N) is 1. The SMILES string of the molecule is CCN(CC)C1CCN(c2nc(NN)c(F)cc2F)C1. The number of rotatable bonds is 5. The van der Waals surface area contributed by atoms with E-state index in [0.717, 1.165) is 25.6 Å². The minimum absolute atomic E-state index is 0.132. The summed E-state index contributed by atoms with van der Waals surface area (Å²) in [6.45, 7) is 7.55. The predicted molar refractivity (Wildman–Crippen MR) is 75.5 cm³/mol. The van der Waals surface area contributed by atoms with Gasteiger partial charge in [0.2, 0.25) is 0 Å². The number of anilines is 2. The van der Waals surface area contributed by atoms with Crippen LogP contribution < -0.4 is 16.2 Å². The van der Waals surface area contributed by atoms with E-state index in [2.05, 4.69) is 29.2 Å². The number of hydrogen-bond acceptors (Lipinski definition) is 5. The average Bonchev–Trinajstić information content (AvgIpc) is 2.90. The van der Waals surface area contributed by atoms with Gasteiger partial charge in [-0.2, -0.15) is 0 Å². The van der Waals surface area contributed by atoms with Gasteiger partial charge in [0.15, 0.2) is 23.3 Å². The number of halogens is 2. The van der Waals surface area contributed by atoms with Crippen LogP contribution >= 0.6 is 0 Å². The molecule has 1 aromatic rings. The average molecular weight is 285 g/mol. The fourth-order valence-corrected chi connectivity index (χ4v) is 2.75. The van der Waals surface area contributed by atoms with Crippen molar-refractivity contribution in [3.8, 4) is 0 Å². The molecule has 3 N–H and O–H groups in total. The first-order valence-corrected chi connectivity index (χ1v) is 6.92. The van der Waals surface area contributed by atoms with Crippen LogP contribution in [0.5, 0.6) is 0 Å². The van der Waals surface area contributed by atoms with Crippen LogP contribution in [0.4, 0.5) is 20.4 Å². The zero-order chi connectivity index (χ0) is 14.7. The minimum atomic E-state index is -0.784. The van der Waals surface area contributed by atoms with Gasteiger partial charge in [0.25, 0.3) is 0 Å². The van der Waals surface area contributed by atoms with E-state index in [4.69, 9.17) is 5.84 Å². The second-order valence-corrected chi connectivity index (χ2v) is 4.88. The summed E-state index contributed by atoms with van der Waals surface area (Å²) in [6, 6.07) is 1.20. The minimum Gasteiger partial charge on any atom is -0.352 e. The summed E-state index contributed by atoms with van der Waals surface area (Å²) in [5, 5.41) is 0. The number of pyridine rings is 1. The van der Waals surface area contributed by atoms with Gasteiger partial charge in [0.05, 0.1) is 0 Å². The number of aromatic nitrogens is 1. The van der Waals surface area contributed by atoms with Crippen LogP contribution in [0.15, 0.2) is 6.07 Å². The largest absolute Gasteiger partial charge is 0.352 e. The third kappa shape index (κ3) is 2.83. The molecule has 1 aromatic heterocycles. The van der Waals surface area contributed by atoms with Crippen molar-refractivity contribution in [1.82, 2.24) is 9.88 Å². The first kappa shape index (κ1) is 14.9. The third-order valence-corrected chi connectivity index (χ3v) is 3.84. The predicted octanol–water partition coefficient (Wildman–Crippen LogP) is 1.57. The molecule has 0 saturated carbocycles. The fourth-order valence-electron chi connectivity index (χ4n) is 2.75. The molecule has 0 amide bonds. The van der Waals surface area contributed by atoms with E-state index >= 15 is 0 Å². The number of nitrogens with zero attached hydrogens (tertiary/aromatic N) is 3. The van der Waals surface area contributed by atoms with Crippen molar-refractivity contribution >= 4 is 11.6 Å². The highest BCUT2D eigenvalue weighted by Crippen LogP contribution is 2.26. The fraction of sp³-hybridized carbons (Fsp3) is 0.615. The lowest BCUT2D eigenvalue weighted by atomic mass is 10.2. The molecule has 0 spiro atoms. The summed E-state index contributed by atoms with van der Waals surface area (Å²) in [5.74, 6) is 3.78. The van der Waals surface area contributed by atoms with Crippen LogP contribution in [-0.2, 0) is 0 Å². The third-order valence-electron chi connectivity index (χ3n) is 3.84. The summed E-state index contributed by atoms with van der Waals surface area (Å²) in [4.78, 5) is 8.12. The van der Waals surface area contributed by atoms with Gasteiger partial charge in [-0.15, -0.1) is 0 Å². The lowest BCUT2D eigenvalue weighted by Gasteiger charge is -2.26. The van der Waals surface area contributed by atoms with E-state index in [1.165, 1.54) is 0 Å². The maximum absolute atomic E-state index is 13.9. The Hall–Kier alpha value is -1.47.